The highest BCUT2D eigenvalue weighted by Crippen LogP contribution is 2.36. The van der Waals surface area contributed by atoms with Crippen LogP contribution in [0.25, 0.3) is 0 Å². The second kappa shape index (κ2) is 5.48. The Labute approximate surface area is 116 Å². The maximum atomic E-state index is 11.7. The number of rotatable bonds is 6. The van der Waals surface area contributed by atoms with E-state index >= 15 is 0 Å². The Morgan fingerprint density at radius 1 is 1.50 bits per heavy atom. The monoisotopic (exact) mass is 275 g/mol. The molecule has 0 saturated heterocycles. The van der Waals surface area contributed by atoms with Gasteiger partial charge in [-0.05, 0) is 31.9 Å². The summed E-state index contributed by atoms with van der Waals surface area (Å²) < 4.78 is 12.5. The molecule has 0 bridgehead atoms. The van der Waals surface area contributed by atoms with E-state index in [-0.39, 0.29) is 12.6 Å². The molecule has 1 aliphatic rings. The molecule has 0 amide bonds. The third-order valence-corrected chi connectivity index (χ3v) is 3.37. The lowest BCUT2D eigenvalue weighted by Crippen LogP contribution is -2.10. The highest BCUT2D eigenvalue weighted by Gasteiger charge is 2.28. The van der Waals surface area contributed by atoms with Gasteiger partial charge in [0, 0.05) is 12.5 Å². The molecule has 0 radical (unpaired) electrons. The van der Waals surface area contributed by atoms with Gasteiger partial charge in [-0.15, -0.1) is 10.2 Å². The van der Waals surface area contributed by atoms with Crippen molar-refractivity contribution < 1.29 is 13.9 Å². The number of aryl methyl sites for hydroxylation is 2. The summed E-state index contributed by atoms with van der Waals surface area (Å²) in [5.74, 6) is 2.16. The van der Waals surface area contributed by atoms with Crippen LogP contribution in [-0.2, 0) is 22.6 Å². The predicted octanol–water partition coefficient (Wildman–Crippen LogP) is 2.19. The summed E-state index contributed by atoms with van der Waals surface area (Å²) in [6, 6.07) is 4.14. The second-order valence-corrected chi connectivity index (χ2v) is 5.00. The number of carbonyl (C=O) groups is 1. The van der Waals surface area contributed by atoms with Crippen LogP contribution in [0.1, 0.15) is 42.7 Å². The normalized spacial score (nSPS) is 14.4. The molecule has 6 heteroatoms. The molecule has 1 saturated carbocycles. The average molecular weight is 275 g/mol. The van der Waals surface area contributed by atoms with E-state index < -0.39 is 0 Å². The summed E-state index contributed by atoms with van der Waals surface area (Å²) >= 11 is 0. The summed E-state index contributed by atoms with van der Waals surface area (Å²) in [5, 5.41) is 8.13. The van der Waals surface area contributed by atoms with Crippen LogP contribution in [0, 0.1) is 6.92 Å². The zero-order valence-electron chi connectivity index (χ0n) is 11.4. The minimum atomic E-state index is -0.246. The molecule has 0 spiro atoms. The number of hydrogen-bond acceptors (Lipinski definition) is 5. The lowest BCUT2D eigenvalue weighted by molar-refractivity contribution is -0.145. The molecular formula is C14H17N3O3. The van der Waals surface area contributed by atoms with Gasteiger partial charge < -0.3 is 13.7 Å². The summed E-state index contributed by atoms with van der Waals surface area (Å²) in [6.45, 7) is 2.11. The lowest BCUT2D eigenvalue weighted by atomic mass is 10.2. The van der Waals surface area contributed by atoms with Crippen LogP contribution in [0.3, 0.4) is 0 Å². The number of ether oxygens (including phenoxy) is 1. The van der Waals surface area contributed by atoms with Crippen LogP contribution in [0.4, 0.5) is 0 Å². The topological polar surface area (TPSA) is 70.2 Å². The van der Waals surface area contributed by atoms with Crippen molar-refractivity contribution in [2.45, 2.75) is 45.3 Å². The molecular weight excluding hydrogens is 258 g/mol. The molecule has 2 heterocycles. The fourth-order valence-corrected chi connectivity index (χ4v) is 2.22. The third kappa shape index (κ3) is 2.89. The van der Waals surface area contributed by atoms with Crippen molar-refractivity contribution in [3.63, 3.8) is 0 Å². The fraction of sp³-hybridized carbons (Fsp3) is 0.500. The largest absolute Gasteiger partial charge is 0.469 e. The van der Waals surface area contributed by atoms with Crippen LogP contribution < -0.4 is 0 Å². The molecule has 0 aromatic carbocycles. The molecule has 3 rings (SSSR count). The molecule has 0 atom stereocenters. The van der Waals surface area contributed by atoms with Crippen LogP contribution >= 0.6 is 0 Å². The smallest absolute Gasteiger partial charge is 0.306 e. The van der Waals surface area contributed by atoms with Crippen molar-refractivity contribution in [3.8, 4) is 0 Å². The van der Waals surface area contributed by atoms with Crippen molar-refractivity contribution in [1.82, 2.24) is 14.8 Å². The number of aromatic nitrogens is 3. The quantitative estimate of drug-likeness (QED) is 0.756. The SMILES string of the molecule is Cc1nnc(COC(=O)CCc2ccco2)n1C1CC1. The van der Waals surface area contributed by atoms with Gasteiger partial charge in [-0.1, -0.05) is 0 Å². The molecule has 2 aromatic heterocycles. The van der Waals surface area contributed by atoms with E-state index in [1.807, 2.05) is 19.1 Å². The standard InChI is InChI=1S/C14H17N3O3/c1-10-15-16-13(17(10)11-4-5-11)9-20-14(18)7-6-12-3-2-8-19-12/h2-3,8,11H,4-7,9H2,1H3. The highest BCUT2D eigenvalue weighted by atomic mass is 16.5. The number of nitrogens with zero attached hydrogens (tertiary/aromatic N) is 3. The van der Waals surface area contributed by atoms with Crippen molar-refractivity contribution in [2.75, 3.05) is 0 Å². The van der Waals surface area contributed by atoms with Crippen molar-refractivity contribution in [1.29, 1.82) is 0 Å². The van der Waals surface area contributed by atoms with Gasteiger partial charge >= 0.3 is 5.97 Å². The third-order valence-electron chi connectivity index (χ3n) is 3.37. The summed E-state index contributed by atoms with van der Waals surface area (Å²) in [5.41, 5.74) is 0. The number of furan rings is 1. The van der Waals surface area contributed by atoms with Crippen molar-refractivity contribution in [2.24, 2.45) is 0 Å². The van der Waals surface area contributed by atoms with Crippen LogP contribution in [-0.4, -0.2) is 20.7 Å². The highest BCUT2D eigenvalue weighted by molar-refractivity contribution is 5.69. The first kappa shape index (κ1) is 12.9. The molecule has 0 aliphatic heterocycles. The van der Waals surface area contributed by atoms with Crippen molar-refractivity contribution in [3.05, 3.63) is 35.8 Å². The first-order valence-electron chi connectivity index (χ1n) is 6.82. The number of hydrogen-bond donors (Lipinski definition) is 0. The summed E-state index contributed by atoms with van der Waals surface area (Å²) in [6.07, 6.45) is 4.77. The van der Waals surface area contributed by atoms with E-state index in [0.29, 0.717) is 18.9 Å². The second-order valence-electron chi connectivity index (χ2n) is 5.00. The minimum Gasteiger partial charge on any atom is -0.469 e. The zero-order valence-corrected chi connectivity index (χ0v) is 11.4. The number of esters is 1. The molecule has 2 aromatic rings. The van der Waals surface area contributed by atoms with Gasteiger partial charge in [0.1, 0.15) is 11.6 Å². The van der Waals surface area contributed by atoms with Crippen LogP contribution in [0.2, 0.25) is 0 Å². The Balaban J connectivity index is 1.50. The van der Waals surface area contributed by atoms with E-state index in [1.165, 1.54) is 0 Å². The van der Waals surface area contributed by atoms with Gasteiger partial charge in [-0.25, -0.2) is 0 Å². The zero-order chi connectivity index (χ0) is 13.9. The molecule has 6 nitrogen and oxygen atoms in total. The Bertz CT molecular complexity index is 585. The first-order chi connectivity index (χ1) is 9.74. The maximum absolute atomic E-state index is 11.7. The molecule has 0 N–H and O–H groups in total. The minimum absolute atomic E-state index is 0.189. The molecule has 20 heavy (non-hydrogen) atoms. The van der Waals surface area contributed by atoms with Gasteiger partial charge in [0.2, 0.25) is 0 Å². The van der Waals surface area contributed by atoms with Crippen molar-refractivity contribution >= 4 is 5.97 Å². The number of carbonyl (C=O) groups excluding carboxylic acids is 1. The van der Waals surface area contributed by atoms with Gasteiger partial charge in [-0.2, -0.15) is 0 Å². The molecule has 0 unspecified atom stereocenters. The fourth-order valence-electron chi connectivity index (χ4n) is 2.22. The Hall–Kier alpha value is -2.11. The maximum Gasteiger partial charge on any atom is 0.306 e. The summed E-state index contributed by atoms with van der Waals surface area (Å²) in [4.78, 5) is 11.7. The molecule has 1 aliphatic carbocycles. The van der Waals surface area contributed by atoms with E-state index in [1.54, 1.807) is 6.26 Å². The van der Waals surface area contributed by atoms with Crippen LogP contribution in [0.5, 0.6) is 0 Å². The van der Waals surface area contributed by atoms with E-state index in [4.69, 9.17) is 9.15 Å². The predicted molar refractivity (Wildman–Crippen MR) is 69.9 cm³/mol. The van der Waals surface area contributed by atoms with Gasteiger partial charge in [0.15, 0.2) is 12.4 Å². The van der Waals surface area contributed by atoms with E-state index in [2.05, 4.69) is 14.8 Å². The van der Waals surface area contributed by atoms with Gasteiger partial charge in [0.05, 0.1) is 12.7 Å². The Morgan fingerprint density at radius 2 is 2.35 bits per heavy atom. The van der Waals surface area contributed by atoms with Gasteiger partial charge in [0.25, 0.3) is 0 Å². The molecule has 106 valence electrons. The Kier molecular flexibility index (Phi) is 3.54. The van der Waals surface area contributed by atoms with E-state index in [9.17, 15) is 4.79 Å². The summed E-state index contributed by atoms with van der Waals surface area (Å²) in [7, 11) is 0. The first-order valence-corrected chi connectivity index (χ1v) is 6.82. The van der Waals surface area contributed by atoms with Gasteiger partial charge in [-0.3, -0.25) is 4.79 Å². The molecule has 1 fully saturated rings. The average Bonchev–Trinajstić information content (AvgIpc) is 3.00. The van der Waals surface area contributed by atoms with Crippen LogP contribution in [0.15, 0.2) is 22.8 Å². The van der Waals surface area contributed by atoms with E-state index in [0.717, 1.165) is 30.3 Å². The Morgan fingerprint density at radius 3 is 3.05 bits per heavy atom. The lowest BCUT2D eigenvalue weighted by Gasteiger charge is -2.07.